The number of likely N-dealkylation sites (tertiary alicyclic amines) is 1. The van der Waals surface area contributed by atoms with Crippen LogP contribution in [0.5, 0.6) is 0 Å². The lowest BCUT2D eigenvalue weighted by Gasteiger charge is -2.31. The predicted octanol–water partition coefficient (Wildman–Crippen LogP) is 0.905. The van der Waals surface area contributed by atoms with Crippen molar-refractivity contribution in [2.75, 3.05) is 32.1 Å². The molecular weight excluding hydrogens is 258 g/mol. The molecule has 2 heterocycles. The fourth-order valence-electron chi connectivity index (χ4n) is 2.29. The van der Waals surface area contributed by atoms with Crippen LogP contribution >= 0.6 is 0 Å². The molecule has 1 aromatic rings. The number of ether oxygens (including phenoxy) is 1. The Bertz CT molecular complexity index is 456. The summed E-state index contributed by atoms with van der Waals surface area (Å²) < 4.78 is 4.83. The molecule has 0 radical (unpaired) electrons. The Morgan fingerprint density at radius 2 is 2.00 bits per heavy atom. The quantitative estimate of drug-likeness (QED) is 0.887. The van der Waals surface area contributed by atoms with Crippen LogP contribution in [0.1, 0.15) is 12.8 Å². The van der Waals surface area contributed by atoms with Crippen LogP contribution in [0.25, 0.3) is 0 Å². The number of anilines is 1. The summed E-state index contributed by atoms with van der Waals surface area (Å²) in [7, 11) is 1.51. The first-order chi connectivity index (χ1) is 9.70. The fraction of sp³-hybridized carbons (Fsp3) is 0.500. The van der Waals surface area contributed by atoms with Crippen LogP contribution < -0.4 is 5.32 Å². The lowest BCUT2D eigenvalue weighted by atomic mass is 9.96. The Balaban J connectivity index is 1.81. The third-order valence-corrected chi connectivity index (χ3v) is 3.43. The van der Waals surface area contributed by atoms with Crippen LogP contribution in [-0.2, 0) is 14.3 Å². The van der Waals surface area contributed by atoms with Gasteiger partial charge in [0.25, 0.3) is 0 Å². The minimum absolute atomic E-state index is 0.00930. The summed E-state index contributed by atoms with van der Waals surface area (Å²) in [5.41, 5.74) is 0.753. The molecule has 1 aliphatic heterocycles. The molecule has 0 spiro atoms. The lowest BCUT2D eigenvalue weighted by molar-refractivity contribution is -0.138. The van der Waals surface area contributed by atoms with Crippen LogP contribution in [-0.4, -0.2) is 48.5 Å². The van der Waals surface area contributed by atoms with E-state index in [1.165, 1.54) is 7.11 Å². The van der Waals surface area contributed by atoms with E-state index in [9.17, 15) is 9.59 Å². The minimum atomic E-state index is -0.0465. The molecule has 20 heavy (non-hydrogen) atoms. The first kappa shape index (κ1) is 14.5. The second kappa shape index (κ2) is 7.00. The maximum absolute atomic E-state index is 12.1. The monoisotopic (exact) mass is 277 g/mol. The number of aromatic nitrogens is 1. The summed E-state index contributed by atoms with van der Waals surface area (Å²) in [5, 5.41) is 2.87. The topological polar surface area (TPSA) is 71.5 Å². The number of nitrogens with zero attached hydrogens (tertiary/aromatic N) is 2. The van der Waals surface area contributed by atoms with Crippen molar-refractivity contribution in [3.8, 4) is 0 Å². The second-order valence-corrected chi connectivity index (χ2v) is 4.81. The maximum Gasteiger partial charge on any atom is 0.248 e. The molecule has 0 atom stereocenters. The number of methoxy groups -OCH3 is 1. The fourth-order valence-corrected chi connectivity index (χ4v) is 2.29. The van der Waals surface area contributed by atoms with Crippen molar-refractivity contribution in [3.05, 3.63) is 24.5 Å². The van der Waals surface area contributed by atoms with Gasteiger partial charge in [0.05, 0.1) is 0 Å². The Hall–Kier alpha value is -1.95. The summed E-state index contributed by atoms with van der Waals surface area (Å²) in [5.74, 6) is -0.0507. The molecule has 0 saturated carbocycles. The molecular formula is C14H19N3O3. The van der Waals surface area contributed by atoms with Crippen LogP contribution in [0.3, 0.4) is 0 Å². The van der Waals surface area contributed by atoms with Crippen molar-refractivity contribution in [3.63, 3.8) is 0 Å². The van der Waals surface area contributed by atoms with Gasteiger partial charge in [-0.05, 0) is 25.0 Å². The maximum atomic E-state index is 12.1. The van der Waals surface area contributed by atoms with Gasteiger partial charge in [-0.3, -0.25) is 14.6 Å². The molecule has 0 aromatic carbocycles. The summed E-state index contributed by atoms with van der Waals surface area (Å²) in [4.78, 5) is 29.4. The number of piperidine rings is 1. The molecule has 6 heteroatoms. The van der Waals surface area contributed by atoms with Crippen molar-refractivity contribution in [2.24, 2.45) is 5.92 Å². The van der Waals surface area contributed by atoms with E-state index in [0.29, 0.717) is 25.9 Å². The van der Waals surface area contributed by atoms with Crippen molar-refractivity contribution >= 4 is 17.5 Å². The van der Waals surface area contributed by atoms with Gasteiger partial charge in [-0.15, -0.1) is 0 Å². The highest BCUT2D eigenvalue weighted by molar-refractivity contribution is 5.92. The molecule has 1 N–H and O–H groups in total. The molecule has 0 unspecified atom stereocenters. The van der Waals surface area contributed by atoms with Crippen LogP contribution in [0, 0.1) is 5.92 Å². The molecule has 1 saturated heterocycles. The second-order valence-electron chi connectivity index (χ2n) is 4.81. The first-order valence-electron chi connectivity index (χ1n) is 6.68. The molecule has 108 valence electrons. The predicted molar refractivity (Wildman–Crippen MR) is 74.0 cm³/mol. The van der Waals surface area contributed by atoms with E-state index < -0.39 is 0 Å². The third-order valence-electron chi connectivity index (χ3n) is 3.43. The number of rotatable bonds is 4. The average Bonchev–Trinajstić information content (AvgIpc) is 2.48. The van der Waals surface area contributed by atoms with Gasteiger partial charge in [-0.25, -0.2) is 0 Å². The van der Waals surface area contributed by atoms with Crippen LogP contribution in [0.15, 0.2) is 24.5 Å². The highest BCUT2D eigenvalue weighted by atomic mass is 16.5. The summed E-state index contributed by atoms with van der Waals surface area (Å²) in [6.07, 6.45) is 4.65. The normalized spacial score (nSPS) is 15.9. The molecule has 1 aromatic heterocycles. The molecule has 1 aliphatic rings. The number of carbonyl (C=O) groups is 2. The Labute approximate surface area is 118 Å². The molecule has 0 bridgehead atoms. The van der Waals surface area contributed by atoms with E-state index in [0.717, 1.165) is 5.69 Å². The SMILES string of the molecule is COCC(=O)N1CCC(C(=O)Nc2ccncc2)CC1. The Morgan fingerprint density at radius 1 is 1.35 bits per heavy atom. The summed E-state index contributed by atoms with van der Waals surface area (Å²) >= 11 is 0. The van der Waals surface area contributed by atoms with Gasteiger partial charge >= 0.3 is 0 Å². The lowest BCUT2D eigenvalue weighted by Crippen LogP contribution is -2.42. The van der Waals surface area contributed by atoms with Gasteiger partial charge < -0.3 is 15.0 Å². The number of hydrogen-bond donors (Lipinski definition) is 1. The standard InChI is InChI=1S/C14H19N3O3/c1-20-10-13(18)17-8-4-11(5-9-17)14(19)16-12-2-6-15-7-3-12/h2-3,6-7,11H,4-5,8-10H2,1H3,(H,15,16,19). The van der Waals surface area contributed by atoms with E-state index >= 15 is 0 Å². The van der Waals surface area contributed by atoms with Gasteiger partial charge in [0.15, 0.2) is 0 Å². The van der Waals surface area contributed by atoms with E-state index in [4.69, 9.17) is 4.74 Å². The third kappa shape index (κ3) is 3.77. The van der Waals surface area contributed by atoms with Gasteiger partial charge in [-0.2, -0.15) is 0 Å². The van der Waals surface area contributed by atoms with Crippen LogP contribution in [0.2, 0.25) is 0 Å². The van der Waals surface area contributed by atoms with Crippen molar-refractivity contribution in [1.82, 2.24) is 9.88 Å². The highest BCUT2D eigenvalue weighted by Gasteiger charge is 2.27. The Kier molecular flexibility index (Phi) is 5.06. The zero-order valence-corrected chi connectivity index (χ0v) is 11.5. The molecule has 2 rings (SSSR count). The minimum Gasteiger partial charge on any atom is -0.375 e. The number of nitrogens with one attached hydrogen (secondary N) is 1. The van der Waals surface area contributed by atoms with Gasteiger partial charge in [0.2, 0.25) is 11.8 Å². The highest BCUT2D eigenvalue weighted by Crippen LogP contribution is 2.19. The van der Waals surface area contributed by atoms with Crippen LogP contribution in [0.4, 0.5) is 5.69 Å². The average molecular weight is 277 g/mol. The summed E-state index contributed by atoms with van der Waals surface area (Å²) in [6, 6.07) is 3.52. The van der Waals surface area contributed by atoms with Gasteiger partial charge in [-0.1, -0.05) is 0 Å². The summed E-state index contributed by atoms with van der Waals surface area (Å²) in [6.45, 7) is 1.32. The van der Waals surface area contributed by atoms with Gasteiger partial charge in [0.1, 0.15) is 6.61 Å². The molecule has 2 amide bonds. The van der Waals surface area contributed by atoms with Crippen molar-refractivity contribution in [1.29, 1.82) is 0 Å². The largest absolute Gasteiger partial charge is 0.375 e. The molecule has 0 aliphatic carbocycles. The number of hydrogen-bond acceptors (Lipinski definition) is 4. The van der Waals surface area contributed by atoms with E-state index in [1.807, 2.05) is 0 Å². The molecule has 6 nitrogen and oxygen atoms in total. The Morgan fingerprint density at radius 3 is 2.60 bits per heavy atom. The first-order valence-corrected chi connectivity index (χ1v) is 6.68. The number of carbonyl (C=O) groups excluding carboxylic acids is 2. The van der Waals surface area contributed by atoms with Crippen molar-refractivity contribution < 1.29 is 14.3 Å². The van der Waals surface area contributed by atoms with Gasteiger partial charge in [0, 0.05) is 44.2 Å². The molecule has 1 fully saturated rings. The van der Waals surface area contributed by atoms with Crippen molar-refractivity contribution in [2.45, 2.75) is 12.8 Å². The zero-order chi connectivity index (χ0) is 14.4. The number of amides is 2. The van der Waals surface area contributed by atoms with E-state index in [2.05, 4.69) is 10.3 Å². The smallest absolute Gasteiger partial charge is 0.248 e. The zero-order valence-electron chi connectivity index (χ0n) is 11.5. The number of pyridine rings is 1. The van der Waals surface area contributed by atoms with E-state index in [-0.39, 0.29) is 24.3 Å². The van der Waals surface area contributed by atoms with E-state index in [1.54, 1.807) is 29.4 Å².